The zero-order valence-corrected chi connectivity index (χ0v) is 15.0. The van der Waals surface area contributed by atoms with Crippen LogP contribution in [0.1, 0.15) is 24.1 Å². The maximum absolute atomic E-state index is 12.2. The minimum atomic E-state index is -0.169. The van der Waals surface area contributed by atoms with Crippen LogP contribution in [-0.4, -0.2) is 21.6 Å². The molecule has 2 aromatic heterocycles. The first-order chi connectivity index (χ1) is 11.5. The molecule has 1 amide bonds. The number of thiophene rings is 1. The summed E-state index contributed by atoms with van der Waals surface area (Å²) in [6.07, 6.45) is 0. The van der Waals surface area contributed by atoms with E-state index in [0.717, 1.165) is 11.1 Å². The van der Waals surface area contributed by atoms with E-state index in [1.165, 1.54) is 23.1 Å². The van der Waals surface area contributed by atoms with E-state index in [4.69, 9.17) is 0 Å². The summed E-state index contributed by atoms with van der Waals surface area (Å²) in [5.41, 5.74) is 2.08. The number of nitrogens with zero attached hydrogens (tertiary/aromatic N) is 1. The minimum Gasteiger partial charge on any atom is -0.349 e. The highest BCUT2D eigenvalue weighted by Gasteiger charge is 2.13. The second-order valence-corrected chi connectivity index (χ2v) is 7.30. The SMILES string of the molecule is Cc1ccccc1[C@@H](C)NC(=O)CSc1nc2sccc2c(=O)[nH]1. The van der Waals surface area contributed by atoms with Crippen LogP contribution in [0.4, 0.5) is 0 Å². The number of rotatable bonds is 5. The number of fused-ring (bicyclic) bond motifs is 1. The third-order valence-corrected chi connectivity index (χ3v) is 5.37. The molecule has 0 aliphatic carbocycles. The van der Waals surface area contributed by atoms with Crippen molar-refractivity contribution in [3.05, 3.63) is 57.2 Å². The van der Waals surface area contributed by atoms with E-state index < -0.39 is 0 Å². The lowest BCUT2D eigenvalue weighted by atomic mass is 10.0. The van der Waals surface area contributed by atoms with Gasteiger partial charge in [-0.3, -0.25) is 9.59 Å². The van der Waals surface area contributed by atoms with E-state index in [2.05, 4.69) is 15.3 Å². The fraction of sp³-hybridized carbons (Fsp3) is 0.235. The fourth-order valence-electron chi connectivity index (χ4n) is 2.48. The zero-order chi connectivity index (χ0) is 17.1. The van der Waals surface area contributed by atoms with Crippen molar-refractivity contribution in [2.24, 2.45) is 0 Å². The molecule has 2 heterocycles. The summed E-state index contributed by atoms with van der Waals surface area (Å²) in [7, 11) is 0. The van der Waals surface area contributed by atoms with Crippen LogP contribution in [0.15, 0.2) is 45.7 Å². The Bertz CT molecular complexity index is 933. The molecule has 0 unspecified atom stereocenters. The Morgan fingerprint density at radius 2 is 2.17 bits per heavy atom. The van der Waals surface area contributed by atoms with Crippen molar-refractivity contribution in [3.8, 4) is 0 Å². The quantitative estimate of drug-likeness (QED) is 0.542. The lowest BCUT2D eigenvalue weighted by Gasteiger charge is -2.16. The third-order valence-electron chi connectivity index (χ3n) is 3.69. The molecule has 3 rings (SSSR count). The van der Waals surface area contributed by atoms with Crippen LogP contribution in [0.3, 0.4) is 0 Å². The average Bonchev–Trinajstić information content (AvgIpc) is 3.02. The van der Waals surface area contributed by atoms with E-state index in [9.17, 15) is 9.59 Å². The van der Waals surface area contributed by atoms with Gasteiger partial charge in [-0.05, 0) is 36.4 Å². The van der Waals surface area contributed by atoms with Gasteiger partial charge in [0.2, 0.25) is 5.91 Å². The second kappa shape index (κ2) is 7.19. The Balaban J connectivity index is 1.62. The first-order valence-electron chi connectivity index (χ1n) is 7.50. The molecule has 1 atom stereocenters. The molecule has 124 valence electrons. The van der Waals surface area contributed by atoms with E-state index >= 15 is 0 Å². The summed E-state index contributed by atoms with van der Waals surface area (Å²) >= 11 is 2.64. The number of thioether (sulfide) groups is 1. The van der Waals surface area contributed by atoms with Gasteiger partial charge in [0.15, 0.2) is 5.16 Å². The Labute approximate surface area is 147 Å². The van der Waals surface area contributed by atoms with Gasteiger partial charge in [-0.15, -0.1) is 11.3 Å². The molecule has 0 radical (unpaired) electrons. The van der Waals surface area contributed by atoms with Crippen molar-refractivity contribution in [1.29, 1.82) is 0 Å². The van der Waals surface area contributed by atoms with Gasteiger partial charge in [-0.2, -0.15) is 0 Å². The maximum atomic E-state index is 12.2. The lowest BCUT2D eigenvalue weighted by Crippen LogP contribution is -2.28. The van der Waals surface area contributed by atoms with Crippen molar-refractivity contribution in [1.82, 2.24) is 15.3 Å². The summed E-state index contributed by atoms with van der Waals surface area (Å²) in [5.74, 6) is 0.112. The minimum absolute atomic E-state index is 0.0638. The average molecular weight is 359 g/mol. The van der Waals surface area contributed by atoms with Crippen LogP contribution < -0.4 is 10.9 Å². The number of H-pyrrole nitrogens is 1. The number of carbonyl (C=O) groups excluding carboxylic acids is 1. The number of aryl methyl sites for hydroxylation is 1. The van der Waals surface area contributed by atoms with Crippen molar-refractivity contribution in [3.63, 3.8) is 0 Å². The number of hydrogen-bond donors (Lipinski definition) is 2. The van der Waals surface area contributed by atoms with Gasteiger partial charge in [-0.25, -0.2) is 4.98 Å². The number of nitrogens with one attached hydrogen (secondary N) is 2. The first kappa shape index (κ1) is 16.7. The first-order valence-corrected chi connectivity index (χ1v) is 9.36. The highest BCUT2D eigenvalue weighted by Crippen LogP contribution is 2.20. The number of aromatic nitrogens is 2. The summed E-state index contributed by atoms with van der Waals surface area (Å²) < 4.78 is 0. The van der Waals surface area contributed by atoms with Gasteiger partial charge < -0.3 is 10.3 Å². The molecule has 0 fully saturated rings. The molecule has 0 saturated heterocycles. The number of benzene rings is 1. The number of amides is 1. The van der Waals surface area contributed by atoms with Gasteiger partial charge in [0, 0.05) is 0 Å². The van der Waals surface area contributed by atoms with E-state index in [1.54, 1.807) is 6.07 Å². The molecular weight excluding hydrogens is 342 g/mol. The van der Waals surface area contributed by atoms with Gasteiger partial charge in [0.25, 0.3) is 5.56 Å². The predicted molar refractivity (Wildman–Crippen MR) is 98.7 cm³/mol. The highest BCUT2D eigenvalue weighted by molar-refractivity contribution is 7.99. The Morgan fingerprint density at radius 3 is 2.96 bits per heavy atom. The van der Waals surface area contributed by atoms with Crippen molar-refractivity contribution >= 4 is 39.2 Å². The molecule has 0 bridgehead atoms. The van der Waals surface area contributed by atoms with Crippen molar-refractivity contribution < 1.29 is 4.79 Å². The monoisotopic (exact) mass is 359 g/mol. The molecule has 0 saturated carbocycles. The smallest absolute Gasteiger partial charge is 0.260 e. The number of hydrogen-bond acceptors (Lipinski definition) is 5. The van der Waals surface area contributed by atoms with Gasteiger partial charge in [-0.1, -0.05) is 36.0 Å². The Hall–Kier alpha value is -2.12. The predicted octanol–water partition coefficient (Wildman–Crippen LogP) is 3.26. The molecule has 3 aromatic rings. The maximum Gasteiger partial charge on any atom is 0.260 e. The Morgan fingerprint density at radius 1 is 1.38 bits per heavy atom. The molecule has 0 spiro atoms. The highest BCUT2D eigenvalue weighted by atomic mass is 32.2. The van der Waals surface area contributed by atoms with Crippen LogP contribution in [0.5, 0.6) is 0 Å². The van der Waals surface area contributed by atoms with Crippen LogP contribution in [-0.2, 0) is 4.79 Å². The lowest BCUT2D eigenvalue weighted by molar-refractivity contribution is -0.119. The van der Waals surface area contributed by atoms with Crippen LogP contribution in [0.2, 0.25) is 0 Å². The van der Waals surface area contributed by atoms with E-state index in [1.807, 2.05) is 43.5 Å². The normalized spacial score (nSPS) is 12.2. The molecule has 0 aliphatic heterocycles. The van der Waals surface area contributed by atoms with Crippen molar-refractivity contribution in [2.45, 2.75) is 25.0 Å². The molecule has 7 heteroatoms. The molecular formula is C17H17N3O2S2. The molecule has 1 aromatic carbocycles. The topological polar surface area (TPSA) is 74.8 Å². The second-order valence-electron chi connectivity index (χ2n) is 5.44. The van der Waals surface area contributed by atoms with Crippen LogP contribution >= 0.6 is 23.1 Å². The molecule has 2 N–H and O–H groups in total. The van der Waals surface area contributed by atoms with Gasteiger partial charge in [0.05, 0.1) is 17.2 Å². The van der Waals surface area contributed by atoms with E-state index in [0.29, 0.717) is 15.4 Å². The molecule has 5 nitrogen and oxygen atoms in total. The summed E-state index contributed by atoms with van der Waals surface area (Å²) in [5, 5.41) is 5.86. The number of carbonyl (C=O) groups is 1. The summed E-state index contributed by atoms with van der Waals surface area (Å²) in [4.78, 5) is 31.8. The fourth-order valence-corrected chi connectivity index (χ4v) is 3.98. The molecule has 0 aliphatic rings. The number of aromatic amines is 1. The van der Waals surface area contributed by atoms with Crippen molar-refractivity contribution in [2.75, 3.05) is 5.75 Å². The Kier molecular flexibility index (Phi) is 5.01. The van der Waals surface area contributed by atoms with E-state index in [-0.39, 0.29) is 23.3 Å². The molecule has 24 heavy (non-hydrogen) atoms. The zero-order valence-electron chi connectivity index (χ0n) is 13.3. The van der Waals surface area contributed by atoms with Gasteiger partial charge >= 0.3 is 0 Å². The standard InChI is InChI=1S/C17H17N3O2S2/c1-10-5-3-4-6-12(10)11(2)18-14(21)9-24-17-19-15(22)13-7-8-23-16(13)20-17/h3-8,11H,9H2,1-2H3,(H,18,21)(H,19,20,22)/t11-/m1/s1. The van der Waals surface area contributed by atoms with Crippen LogP contribution in [0.25, 0.3) is 10.2 Å². The summed E-state index contributed by atoms with van der Waals surface area (Å²) in [6.45, 7) is 3.99. The van der Waals surface area contributed by atoms with Gasteiger partial charge in [0.1, 0.15) is 4.83 Å². The summed E-state index contributed by atoms with van der Waals surface area (Å²) in [6, 6.07) is 9.66. The van der Waals surface area contributed by atoms with Crippen LogP contribution in [0, 0.1) is 6.92 Å². The third kappa shape index (κ3) is 3.68. The largest absolute Gasteiger partial charge is 0.349 e.